The zero-order valence-corrected chi connectivity index (χ0v) is 10.5. The monoisotopic (exact) mass is 243 g/mol. The van der Waals surface area contributed by atoms with Gasteiger partial charge in [-0.15, -0.1) is 5.10 Å². The fraction of sp³-hybridized carbons (Fsp3) is 0.462. The van der Waals surface area contributed by atoms with Crippen LogP contribution >= 0.6 is 0 Å². The molecule has 3 rings (SSSR count). The number of nitrogens with zero attached hydrogens (tertiary/aromatic N) is 4. The Morgan fingerprint density at radius 3 is 2.83 bits per heavy atom. The van der Waals surface area contributed by atoms with Crippen molar-refractivity contribution in [1.82, 2.24) is 20.2 Å². The first kappa shape index (κ1) is 11.2. The zero-order valence-electron chi connectivity index (χ0n) is 10.5. The van der Waals surface area contributed by atoms with Gasteiger partial charge in [-0.2, -0.15) is 0 Å². The van der Waals surface area contributed by atoms with Gasteiger partial charge in [0.05, 0.1) is 6.04 Å². The minimum atomic E-state index is 0.479. The Morgan fingerprint density at radius 1 is 1.33 bits per heavy atom. The Morgan fingerprint density at radius 2 is 2.11 bits per heavy atom. The molecule has 0 bridgehead atoms. The maximum atomic E-state index is 5.69. The van der Waals surface area contributed by atoms with Crippen molar-refractivity contribution in [3.05, 3.63) is 24.3 Å². The highest BCUT2D eigenvalue weighted by Crippen LogP contribution is 2.47. The van der Waals surface area contributed by atoms with Crippen molar-refractivity contribution in [3.63, 3.8) is 0 Å². The molecule has 1 aromatic heterocycles. The fourth-order valence-electron chi connectivity index (χ4n) is 2.45. The maximum absolute atomic E-state index is 5.69. The highest BCUT2D eigenvalue weighted by molar-refractivity contribution is 5.58. The lowest BCUT2D eigenvalue weighted by atomic mass is 10.2. The number of benzene rings is 1. The molecule has 1 fully saturated rings. The van der Waals surface area contributed by atoms with E-state index in [1.165, 1.54) is 19.3 Å². The van der Waals surface area contributed by atoms with Crippen LogP contribution in [0.4, 0.5) is 5.69 Å². The first-order valence-electron chi connectivity index (χ1n) is 6.43. The average molecular weight is 243 g/mol. The van der Waals surface area contributed by atoms with E-state index in [0.29, 0.717) is 6.04 Å². The molecule has 2 unspecified atom stereocenters. The Labute approximate surface area is 106 Å². The van der Waals surface area contributed by atoms with Gasteiger partial charge >= 0.3 is 0 Å². The van der Waals surface area contributed by atoms with Gasteiger partial charge < -0.3 is 5.73 Å². The number of rotatable bonds is 4. The van der Waals surface area contributed by atoms with E-state index in [4.69, 9.17) is 5.73 Å². The summed E-state index contributed by atoms with van der Waals surface area (Å²) in [6, 6.07) is 8.17. The maximum Gasteiger partial charge on any atom is 0.182 e. The van der Waals surface area contributed by atoms with Gasteiger partial charge in [-0.25, -0.2) is 4.68 Å². The lowest BCUT2D eigenvalue weighted by Gasteiger charge is -2.04. The SMILES string of the molecule is CCCC1CC1n1nnnc1-c1ccc(N)cc1. The first-order valence-corrected chi connectivity index (χ1v) is 6.43. The summed E-state index contributed by atoms with van der Waals surface area (Å²) in [7, 11) is 0. The third kappa shape index (κ3) is 1.96. The first-order chi connectivity index (χ1) is 8.79. The fourth-order valence-corrected chi connectivity index (χ4v) is 2.45. The molecule has 1 aliphatic rings. The molecule has 18 heavy (non-hydrogen) atoms. The van der Waals surface area contributed by atoms with Crippen LogP contribution in [0.25, 0.3) is 11.4 Å². The predicted molar refractivity (Wildman–Crippen MR) is 69.7 cm³/mol. The van der Waals surface area contributed by atoms with Crippen LogP contribution in [0.5, 0.6) is 0 Å². The van der Waals surface area contributed by atoms with Gasteiger partial charge in [0.15, 0.2) is 5.82 Å². The summed E-state index contributed by atoms with van der Waals surface area (Å²) < 4.78 is 1.96. The van der Waals surface area contributed by atoms with E-state index in [1.807, 2.05) is 28.9 Å². The van der Waals surface area contributed by atoms with E-state index in [-0.39, 0.29) is 0 Å². The molecule has 1 heterocycles. The third-order valence-corrected chi connectivity index (χ3v) is 3.52. The van der Waals surface area contributed by atoms with Crippen LogP contribution in [-0.4, -0.2) is 20.2 Å². The normalized spacial score (nSPS) is 22.1. The summed E-state index contributed by atoms with van der Waals surface area (Å²) in [4.78, 5) is 0. The van der Waals surface area contributed by atoms with E-state index in [9.17, 15) is 0 Å². The Bertz CT molecular complexity index is 531. The summed E-state index contributed by atoms with van der Waals surface area (Å²) >= 11 is 0. The third-order valence-electron chi connectivity index (χ3n) is 3.52. The summed E-state index contributed by atoms with van der Waals surface area (Å²) in [5, 5.41) is 12.1. The van der Waals surface area contributed by atoms with Crippen molar-refractivity contribution < 1.29 is 0 Å². The summed E-state index contributed by atoms with van der Waals surface area (Å²) in [6.45, 7) is 2.22. The van der Waals surface area contributed by atoms with Crippen LogP contribution in [0.15, 0.2) is 24.3 Å². The van der Waals surface area contributed by atoms with E-state index in [2.05, 4.69) is 22.4 Å². The van der Waals surface area contributed by atoms with Gasteiger partial charge in [0, 0.05) is 11.3 Å². The van der Waals surface area contributed by atoms with Gasteiger partial charge in [-0.1, -0.05) is 13.3 Å². The number of hydrogen-bond acceptors (Lipinski definition) is 4. The molecule has 0 amide bonds. The number of nitrogens with two attached hydrogens (primary N) is 1. The molecule has 1 aliphatic carbocycles. The largest absolute Gasteiger partial charge is 0.399 e. The van der Waals surface area contributed by atoms with E-state index in [0.717, 1.165) is 23.0 Å². The zero-order chi connectivity index (χ0) is 12.5. The smallest absolute Gasteiger partial charge is 0.182 e. The molecule has 0 radical (unpaired) electrons. The van der Waals surface area contributed by atoms with Crippen LogP contribution in [0, 0.1) is 5.92 Å². The quantitative estimate of drug-likeness (QED) is 0.836. The van der Waals surface area contributed by atoms with Gasteiger partial charge in [-0.05, 0) is 53.5 Å². The van der Waals surface area contributed by atoms with Gasteiger partial charge in [0.1, 0.15) is 0 Å². The van der Waals surface area contributed by atoms with E-state index >= 15 is 0 Å². The van der Waals surface area contributed by atoms with Crippen molar-refractivity contribution in [3.8, 4) is 11.4 Å². The van der Waals surface area contributed by atoms with E-state index < -0.39 is 0 Å². The van der Waals surface area contributed by atoms with Crippen LogP contribution < -0.4 is 5.73 Å². The molecule has 0 saturated heterocycles. The van der Waals surface area contributed by atoms with Crippen molar-refractivity contribution in [2.75, 3.05) is 5.73 Å². The Balaban J connectivity index is 1.86. The molecule has 1 saturated carbocycles. The van der Waals surface area contributed by atoms with Crippen molar-refractivity contribution >= 4 is 5.69 Å². The van der Waals surface area contributed by atoms with Gasteiger partial charge in [0.2, 0.25) is 0 Å². The van der Waals surface area contributed by atoms with Crippen LogP contribution in [0.3, 0.4) is 0 Å². The molecule has 0 aliphatic heterocycles. The average Bonchev–Trinajstić information content (AvgIpc) is 2.97. The lowest BCUT2D eigenvalue weighted by Crippen LogP contribution is -2.02. The van der Waals surface area contributed by atoms with Crippen molar-refractivity contribution in [2.24, 2.45) is 5.92 Å². The van der Waals surface area contributed by atoms with E-state index in [1.54, 1.807) is 0 Å². The molecular weight excluding hydrogens is 226 g/mol. The molecule has 1 aromatic carbocycles. The molecule has 5 nitrogen and oxygen atoms in total. The number of nitrogen functional groups attached to an aromatic ring is 1. The standard InChI is InChI=1S/C13H17N5/c1-2-3-10-8-12(10)18-13(15-16-17-18)9-4-6-11(14)7-5-9/h4-7,10,12H,2-3,8,14H2,1H3. The molecular formula is C13H17N5. The van der Waals surface area contributed by atoms with Crippen molar-refractivity contribution in [1.29, 1.82) is 0 Å². The minimum Gasteiger partial charge on any atom is -0.399 e. The van der Waals surface area contributed by atoms with Crippen LogP contribution in [-0.2, 0) is 0 Å². The lowest BCUT2D eigenvalue weighted by molar-refractivity contribution is 0.548. The topological polar surface area (TPSA) is 69.6 Å². The molecule has 5 heteroatoms. The second-order valence-corrected chi connectivity index (χ2v) is 4.92. The second-order valence-electron chi connectivity index (χ2n) is 4.92. The van der Waals surface area contributed by atoms with Gasteiger partial charge in [-0.3, -0.25) is 0 Å². The number of aromatic nitrogens is 4. The van der Waals surface area contributed by atoms with Crippen LogP contribution in [0.1, 0.15) is 32.2 Å². The molecule has 2 atom stereocenters. The Kier molecular flexibility index (Phi) is 2.74. The van der Waals surface area contributed by atoms with Crippen molar-refractivity contribution in [2.45, 2.75) is 32.2 Å². The molecule has 94 valence electrons. The van der Waals surface area contributed by atoms with Gasteiger partial charge in [0.25, 0.3) is 0 Å². The number of hydrogen-bond donors (Lipinski definition) is 1. The molecule has 0 spiro atoms. The molecule has 2 aromatic rings. The molecule has 2 N–H and O–H groups in total. The minimum absolute atomic E-state index is 0.479. The number of tetrazole rings is 1. The highest BCUT2D eigenvalue weighted by Gasteiger charge is 2.40. The van der Waals surface area contributed by atoms with Crippen LogP contribution in [0.2, 0.25) is 0 Å². The summed E-state index contributed by atoms with van der Waals surface area (Å²) in [5.74, 6) is 1.59. The Hall–Kier alpha value is -1.91. The second kappa shape index (κ2) is 4.40. The summed E-state index contributed by atoms with van der Waals surface area (Å²) in [6.07, 6.45) is 3.67. The predicted octanol–water partition coefficient (Wildman–Crippen LogP) is 2.28. The highest BCUT2D eigenvalue weighted by atomic mass is 15.6. The summed E-state index contributed by atoms with van der Waals surface area (Å²) in [5.41, 5.74) is 7.48. The number of anilines is 1.